The Morgan fingerprint density at radius 3 is 3.10 bits per heavy atom. The molecule has 0 aromatic carbocycles. The number of carbonyl (C=O) groups is 1. The van der Waals surface area contributed by atoms with E-state index in [4.69, 9.17) is 10.2 Å². The minimum atomic E-state index is -0.0993. The first-order chi connectivity index (χ1) is 10.1. The first kappa shape index (κ1) is 14.6. The molecule has 0 spiro atoms. The van der Waals surface area contributed by atoms with Crippen molar-refractivity contribution in [3.8, 4) is 0 Å². The Hall–Kier alpha value is -1.33. The van der Waals surface area contributed by atoms with Gasteiger partial charge in [0.05, 0.1) is 18.8 Å². The topological polar surface area (TPSA) is 71.5 Å². The summed E-state index contributed by atoms with van der Waals surface area (Å²) < 4.78 is 5.24. The maximum atomic E-state index is 12.3. The van der Waals surface area contributed by atoms with E-state index in [1.807, 2.05) is 19.1 Å². The van der Waals surface area contributed by atoms with Gasteiger partial charge in [0.25, 0.3) is 0 Å². The van der Waals surface area contributed by atoms with Gasteiger partial charge in [0.2, 0.25) is 5.91 Å². The maximum Gasteiger partial charge on any atom is 0.237 e. The molecule has 1 aliphatic heterocycles. The van der Waals surface area contributed by atoms with E-state index in [1.54, 1.807) is 6.26 Å². The minimum Gasteiger partial charge on any atom is -0.467 e. The van der Waals surface area contributed by atoms with E-state index in [-0.39, 0.29) is 11.9 Å². The number of likely N-dealkylation sites (tertiary alicyclic amines) is 1. The molecule has 1 aromatic heterocycles. The molecule has 1 aromatic rings. The molecule has 2 heterocycles. The van der Waals surface area contributed by atoms with Crippen LogP contribution in [0.4, 0.5) is 0 Å². The van der Waals surface area contributed by atoms with Gasteiger partial charge in [-0.25, -0.2) is 0 Å². The first-order valence-corrected chi connectivity index (χ1v) is 7.95. The van der Waals surface area contributed by atoms with Crippen LogP contribution < -0.4 is 11.1 Å². The van der Waals surface area contributed by atoms with Crippen molar-refractivity contribution in [3.63, 3.8) is 0 Å². The number of fused-ring (bicyclic) bond motifs is 1. The fourth-order valence-electron chi connectivity index (χ4n) is 3.77. The number of amides is 1. The van der Waals surface area contributed by atoms with Crippen LogP contribution in [0.15, 0.2) is 22.8 Å². The Morgan fingerprint density at radius 2 is 2.38 bits per heavy atom. The molecular formula is C16H25N3O2. The molecule has 21 heavy (non-hydrogen) atoms. The van der Waals surface area contributed by atoms with Gasteiger partial charge in [0.1, 0.15) is 5.76 Å². The molecule has 2 aliphatic rings. The number of rotatable bonds is 4. The lowest BCUT2D eigenvalue weighted by atomic mass is 9.78. The molecule has 5 nitrogen and oxygen atoms in total. The molecule has 1 saturated carbocycles. The van der Waals surface area contributed by atoms with Gasteiger partial charge in [-0.3, -0.25) is 9.69 Å². The molecule has 1 aliphatic carbocycles. The number of carbonyl (C=O) groups excluding carboxylic acids is 1. The third-order valence-electron chi connectivity index (χ3n) is 5.13. The van der Waals surface area contributed by atoms with E-state index in [1.165, 1.54) is 12.8 Å². The molecular weight excluding hydrogens is 266 g/mol. The highest BCUT2D eigenvalue weighted by molar-refractivity contribution is 5.81. The third-order valence-corrected chi connectivity index (χ3v) is 5.13. The largest absolute Gasteiger partial charge is 0.467 e. The summed E-state index contributed by atoms with van der Waals surface area (Å²) in [6.45, 7) is 4.41. The summed E-state index contributed by atoms with van der Waals surface area (Å²) in [4.78, 5) is 14.6. The van der Waals surface area contributed by atoms with Crippen LogP contribution in [0.25, 0.3) is 0 Å². The van der Waals surface area contributed by atoms with Gasteiger partial charge in [-0.05, 0) is 43.7 Å². The highest BCUT2D eigenvalue weighted by Crippen LogP contribution is 2.36. The second kappa shape index (κ2) is 6.20. The Labute approximate surface area is 125 Å². The Morgan fingerprint density at radius 1 is 1.52 bits per heavy atom. The monoisotopic (exact) mass is 291 g/mol. The van der Waals surface area contributed by atoms with Crippen molar-refractivity contribution in [3.05, 3.63) is 24.2 Å². The summed E-state index contributed by atoms with van der Waals surface area (Å²) in [6, 6.07) is 3.91. The van der Waals surface area contributed by atoms with Crippen molar-refractivity contribution in [2.75, 3.05) is 13.1 Å². The highest BCUT2D eigenvalue weighted by atomic mass is 16.3. The predicted molar refractivity (Wildman–Crippen MR) is 80.4 cm³/mol. The van der Waals surface area contributed by atoms with Gasteiger partial charge in [-0.2, -0.15) is 0 Å². The lowest BCUT2D eigenvalue weighted by Gasteiger charge is -2.30. The number of hydrogen-bond donors (Lipinski definition) is 2. The average Bonchev–Trinajstić information content (AvgIpc) is 3.13. The molecule has 4 unspecified atom stereocenters. The quantitative estimate of drug-likeness (QED) is 0.878. The summed E-state index contributed by atoms with van der Waals surface area (Å²) in [7, 11) is 0. The summed E-state index contributed by atoms with van der Waals surface area (Å²) in [5, 5.41) is 2.95. The van der Waals surface area contributed by atoms with Crippen LogP contribution in [-0.2, 0) is 11.3 Å². The number of nitrogens with zero attached hydrogens (tertiary/aromatic N) is 1. The van der Waals surface area contributed by atoms with Crippen LogP contribution in [0.1, 0.15) is 31.9 Å². The molecule has 2 fully saturated rings. The van der Waals surface area contributed by atoms with Crippen LogP contribution in [0.5, 0.6) is 0 Å². The van der Waals surface area contributed by atoms with Gasteiger partial charge in [0.15, 0.2) is 0 Å². The highest BCUT2D eigenvalue weighted by Gasteiger charge is 2.41. The van der Waals surface area contributed by atoms with E-state index in [9.17, 15) is 4.79 Å². The summed E-state index contributed by atoms with van der Waals surface area (Å²) in [6.07, 6.45) is 5.25. The van der Waals surface area contributed by atoms with Crippen LogP contribution in [0.3, 0.4) is 0 Å². The second-order valence-electron chi connectivity index (χ2n) is 6.45. The summed E-state index contributed by atoms with van der Waals surface area (Å²) in [5.41, 5.74) is 6.24. The molecule has 3 N–H and O–H groups in total. The average molecular weight is 291 g/mol. The van der Waals surface area contributed by atoms with E-state index >= 15 is 0 Å². The van der Waals surface area contributed by atoms with Crippen LogP contribution in [-0.4, -0.2) is 36.0 Å². The molecule has 1 amide bonds. The zero-order valence-corrected chi connectivity index (χ0v) is 12.6. The van der Waals surface area contributed by atoms with E-state index in [2.05, 4.69) is 10.2 Å². The van der Waals surface area contributed by atoms with Crippen molar-refractivity contribution in [1.29, 1.82) is 0 Å². The van der Waals surface area contributed by atoms with Crippen molar-refractivity contribution in [2.45, 2.75) is 44.8 Å². The van der Waals surface area contributed by atoms with E-state index in [0.29, 0.717) is 24.4 Å². The zero-order chi connectivity index (χ0) is 14.8. The zero-order valence-electron chi connectivity index (χ0n) is 12.6. The third kappa shape index (κ3) is 3.14. The predicted octanol–water partition coefficient (Wildman–Crippen LogP) is 1.34. The molecule has 3 rings (SSSR count). The SMILES string of the molecule is CC(C(=O)NCc1ccco1)N1CC2CCCC(N)C2C1. The number of hydrogen-bond acceptors (Lipinski definition) is 4. The van der Waals surface area contributed by atoms with Crippen LogP contribution in [0, 0.1) is 11.8 Å². The van der Waals surface area contributed by atoms with Gasteiger partial charge in [-0.15, -0.1) is 0 Å². The maximum absolute atomic E-state index is 12.3. The van der Waals surface area contributed by atoms with E-state index < -0.39 is 0 Å². The smallest absolute Gasteiger partial charge is 0.237 e. The fourth-order valence-corrected chi connectivity index (χ4v) is 3.77. The molecule has 5 heteroatoms. The summed E-state index contributed by atoms with van der Waals surface area (Å²) >= 11 is 0. The normalized spacial score (nSPS) is 30.9. The van der Waals surface area contributed by atoms with Gasteiger partial charge in [0, 0.05) is 19.1 Å². The lowest BCUT2D eigenvalue weighted by molar-refractivity contribution is -0.125. The van der Waals surface area contributed by atoms with Crippen LogP contribution >= 0.6 is 0 Å². The van der Waals surface area contributed by atoms with Gasteiger partial charge in [-0.1, -0.05) is 6.42 Å². The molecule has 4 atom stereocenters. The Bertz CT molecular complexity index is 474. The number of nitrogens with one attached hydrogen (secondary N) is 1. The lowest BCUT2D eigenvalue weighted by Crippen LogP contribution is -2.44. The van der Waals surface area contributed by atoms with Crippen molar-refractivity contribution in [1.82, 2.24) is 10.2 Å². The number of nitrogens with two attached hydrogens (primary N) is 1. The van der Waals surface area contributed by atoms with Crippen molar-refractivity contribution in [2.24, 2.45) is 17.6 Å². The van der Waals surface area contributed by atoms with Crippen molar-refractivity contribution < 1.29 is 9.21 Å². The summed E-state index contributed by atoms with van der Waals surface area (Å²) in [5.74, 6) is 2.10. The van der Waals surface area contributed by atoms with Gasteiger partial charge < -0.3 is 15.5 Å². The Balaban J connectivity index is 1.53. The van der Waals surface area contributed by atoms with Crippen LogP contribution in [0.2, 0.25) is 0 Å². The fraction of sp³-hybridized carbons (Fsp3) is 0.688. The molecule has 0 radical (unpaired) electrons. The second-order valence-corrected chi connectivity index (χ2v) is 6.45. The Kier molecular flexibility index (Phi) is 4.31. The standard InChI is InChI=1S/C16H25N3O2/c1-11(16(20)18-8-13-5-3-7-21-13)19-9-12-4-2-6-15(17)14(12)10-19/h3,5,7,11-12,14-15H,2,4,6,8-10,17H2,1H3,(H,18,20). The minimum absolute atomic E-state index is 0.0682. The molecule has 116 valence electrons. The van der Waals surface area contributed by atoms with Gasteiger partial charge >= 0.3 is 0 Å². The number of furan rings is 1. The first-order valence-electron chi connectivity index (χ1n) is 7.95. The van der Waals surface area contributed by atoms with E-state index in [0.717, 1.165) is 25.3 Å². The van der Waals surface area contributed by atoms with Crippen molar-refractivity contribution >= 4 is 5.91 Å². The molecule has 0 bridgehead atoms. The molecule has 1 saturated heterocycles.